The van der Waals surface area contributed by atoms with Gasteiger partial charge in [0.15, 0.2) is 6.61 Å². The number of ether oxygens (including phenoxy) is 1. The first kappa shape index (κ1) is 20.6. The van der Waals surface area contributed by atoms with Gasteiger partial charge < -0.3 is 21.1 Å². The molecule has 7 nitrogen and oxygen atoms in total. The Kier molecular flexibility index (Phi) is 7.49. The number of carbonyl (C=O) groups is 3. The minimum atomic E-state index is -4.56. The number of halogens is 4. The summed E-state index contributed by atoms with van der Waals surface area (Å²) in [5, 5.41) is 4.32. The Labute approximate surface area is 145 Å². The van der Waals surface area contributed by atoms with Crippen LogP contribution in [0.2, 0.25) is 5.02 Å². The number of benzene rings is 1. The molecule has 1 rings (SSSR count). The van der Waals surface area contributed by atoms with Crippen LogP contribution in [-0.4, -0.2) is 37.2 Å². The molecule has 0 aliphatic rings. The molecule has 1 aromatic carbocycles. The second-order valence-electron chi connectivity index (χ2n) is 4.87. The smallest absolute Gasteiger partial charge is 0.405 e. The van der Waals surface area contributed by atoms with E-state index in [2.05, 4.69) is 10.1 Å². The van der Waals surface area contributed by atoms with Gasteiger partial charge in [0.05, 0.1) is 12.5 Å². The Balaban J connectivity index is 2.56. The molecule has 0 spiro atoms. The van der Waals surface area contributed by atoms with Gasteiger partial charge in [-0.3, -0.25) is 9.59 Å². The Bertz CT molecular complexity index is 623. The third kappa shape index (κ3) is 8.80. The zero-order chi connectivity index (χ0) is 19.0. The minimum absolute atomic E-state index is 0.378. The fourth-order valence-electron chi connectivity index (χ4n) is 1.74. The highest BCUT2D eigenvalue weighted by Gasteiger charge is 2.28. The maximum absolute atomic E-state index is 11.9. The normalized spacial score (nSPS) is 12.2. The Morgan fingerprint density at radius 3 is 2.32 bits per heavy atom. The fourth-order valence-corrected chi connectivity index (χ4v) is 1.87. The van der Waals surface area contributed by atoms with E-state index in [-0.39, 0.29) is 6.42 Å². The van der Waals surface area contributed by atoms with Gasteiger partial charge in [0, 0.05) is 5.02 Å². The first-order valence-electron chi connectivity index (χ1n) is 6.87. The maximum atomic E-state index is 11.9. The Hall–Kier alpha value is -2.49. The van der Waals surface area contributed by atoms with Crippen molar-refractivity contribution in [1.82, 2.24) is 10.6 Å². The predicted octanol–water partition coefficient (Wildman–Crippen LogP) is 1.66. The third-order valence-electron chi connectivity index (χ3n) is 2.81. The molecule has 1 atom stereocenters. The fraction of sp³-hybridized carbons (Fsp3) is 0.357. The number of hydrogen-bond acceptors (Lipinski definition) is 4. The van der Waals surface area contributed by atoms with Crippen LogP contribution in [0.1, 0.15) is 18.0 Å². The molecule has 138 valence electrons. The molecular formula is C14H15ClF3N3O4. The molecule has 4 N–H and O–H groups in total. The summed E-state index contributed by atoms with van der Waals surface area (Å²) in [5.41, 5.74) is 5.54. The average Bonchev–Trinajstić information content (AvgIpc) is 2.50. The third-order valence-corrected chi connectivity index (χ3v) is 3.06. The number of carbonyl (C=O) groups excluding carboxylic acids is 3. The number of nitrogens with one attached hydrogen (secondary N) is 2. The van der Waals surface area contributed by atoms with E-state index in [1.165, 1.54) is 12.1 Å². The van der Waals surface area contributed by atoms with Crippen LogP contribution in [0.15, 0.2) is 24.3 Å². The lowest BCUT2D eigenvalue weighted by Crippen LogP contribution is -2.37. The van der Waals surface area contributed by atoms with Crippen molar-refractivity contribution in [3.05, 3.63) is 34.9 Å². The second kappa shape index (κ2) is 9.11. The SMILES string of the molecule is NC(=O)N[C@@H](CC(=O)OCC(=O)NCC(F)(F)F)c1ccc(Cl)cc1. The molecular weight excluding hydrogens is 367 g/mol. The van der Waals surface area contributed by atoms with E-state index in [9.17, 15) is 27.6 Å². The van der Waals surface area contributed by atoms with E-state index < -0.39 is 43.3 Å². The zero-order valence-electron chi connectivity index (χ0n) is 12.7. The summed E-state index contributed by atoms with van der Waals surface area (Å²) in [4.78, 5) is 33.9. The van der Waals surface area contributed by atoms with Gasteiger partial charge in [0.25, 0.3) is 5.91 Å². The first-order chi connectivity index (χ1) is 11.6. The van der Waals surface area contributed by atoms with Crippen molar-refractivity contribution in [2.24, 2.45) is 5.73 Å². The quantitative estimate of drug-likeness (QED) is 0.624. The van der Waals surface area contributed by atoms with Gasteiger partial charge in [-0.1, -0.05) is 23.7 Å². The van der Waals surface area contributed by atoms with Crippen LogP contribution in [0.3, 0.4) is 0 Å². The monoisotopic (exact) mass is 381 g/mol. The Morgan fingerprint density at radius 1 is 1.20 bits per heavy atom. The number of urea groups is 1. The van der Waals surface area contributed by atoms with Crippen molar-refractivity contribution in [3.63, 3.8) is 0 Å². The van der Waals surface area contributed by atoms with Gasteiger partial charge in [-0.05, 0) is 17.7 Å². The summed E-state index contributed by atoms with van der Waals surface area (Å²) in [6, 6.07) is 4.42. The van der Waals surface area contributed by atoms with Crippen molar-refractivity contribution >= 4 is 29.5 Å². The summed E-state index contributed by atoms with van der Waals surface area (Å²) >= 11 is 5.75. The van der Waals surface area contributed by atoms with Crippen molar-refractivity contribution in [2.75, 3.05) is 13.2 Å². The minimum Gasteiger partial charge on any atom is -0.456 e. The molecule has 0 fully saturated rings. The molecule has 25 heavy (non-hydrogen) atoms. The zero-order valence-corrected chi connectivity index (χ0v) is 13.5. The molecule has 1 aromatic rings. The molecule has 0 saturated carbocycles. The van der Waals surface area contributed by atoms with Crippen molar-refractivity contribution in [2.45, 2.75) is 18.6 Å². The molecule has 0 bridgehead atoms. The maximum Gasteiger partial charge on any atom is 0.405 e. The molecule has 0 saturated heterocycles. The number of rotatable bonds is 7. The molecule has 3 amide bonds. The largest absolute Gasteiger partial charge is 0.456 e. The summed E-state index contributed by atoms with van der Waals surface area (Å²) in [6.45, 7) is -2.40. The number of esters is 1. The summed E-state index contributed by atoms with van der Waals surface area (Å²) in [5.74, 6) is -2.01. The highest BCUT2D eigenvalue weighted by atomic mass is 35.5. The lowest BCUT2D eigenvalue weighted by molar-refractivity contribution is -0.151. The number of hydrogen-bond donors (Lipinski definition) is 3. The number of amides is 3. The lowest BCUT2D eigenvalue weighted by atomic mass is 10.0. The molecule has 0 aromatic heterocycles. The van der Waals surface area contributed by atoms with Gasteiger partial charge in [0.1, 0.15) is 6.54 Å². The van der Waals surface area contributed by atoms with Crippen LogP contribution in [0.25, 0.3) is 0 Å². The highest BCUT2D eigenvalue weighted by Crippen LogP contribution is 2.20. The second-order valence-corrected chi connectivity index (χ2v) is 5.31. The van der Waals surface area contributed by atoms with E-state index in [0.717, 1.165) is 0 Å². The molecule has 0 heterocycles. The van der Waals surface area contributed by atoms with Crippen LogP contribution < -0.4 is 16.4 Å². The van der Waals surface area contributed by atoms with E-state index in [4.69, 9.17) is 17.3 Å². The number of primary amides is 1. The van der Waals surface area contributed by atoms with Crippen LogP contribution in [0.4, 0.5) is 18.0 Å². The number of alkyl halides is 3. The molecule has 0 aliphatic carbocycles. The van der Waals surface area contributed by atoms with E-state index in [0.29, 0.717) is 10.6 Å². The predicted molar refractivity (Wildman–Crippen MR) is 81.6 cm³/mol. The molecule has 0 radical (unpaired) electrons. The topological polar surface area (TPSA) is 111 Å². The van der Waals surface area contributed by atoms with E-state index in [1.807, 2.05) is 0 Å². The van der Waals surface area contributed by atoms with Crippen molar-refractivity contribution in [3.8, 4) is 0 Å². The van der Waals surface area contributed by atoms with E-state index in [1.54, 1.807) is 17.4 Å². The van der Waals surface area contributed by atoms with Crippen LogP contribution in [-0.2, 0) is 14.3 Å². The van der Waals surface area contributed by atoms with Crippen LogP contribution in [0.5, 0.6) is 0 Å². The standard InChI is InChI=1S/C14H15ClF3N3O4/c15-9-3-1-8(2-4-9)10(21-13(19)24)5-12(23)25-6-11(22)20-7-14(16,17)18/h1-4,10H,5-7H2,(H,20,22)(H3,19,21,24)/t10-/m0/s1. The van der Waals surface area contributed by atoms with Crippen molar-refractivity contribution < 1.29 is 32.3 Å². The molecule has 11 heteroatoms. The first-order valence-corrected chi connectivity index (χ1v) is 7.25. The molecule has 0 unspecified atom stereocenters. The van der Waals surface area contributed by atoms with Crippen molar-refractivity contribution in [1.29, 1.82) is 0 Å². The van der Waals surface area contributed by atoms with Gasteiger partial charge in [-0.25, -0.2) is 4.79 Å². The average molecular weight is 382 g/mol. The summed E-state index contributed by atoms with van der Waals surface area (Å²) in [7, 11) is 0. The summed E-state index contributed by atoms with van der Waals surface area (Å²) < 4.78 is 40.4. The highest BCUT2D eigenvalue weighted by molar-refractivity contribution is 6.30. The van der Waals surface area contributed by atoms with Crippen LogP contribution in [0, 0.1) is 0 Å². The van der Waals surface area contributed by atoms with Gasteiger partial charge in [-0.15, -0.1) is 0 Å². The summed E-state index contributed by atoms with van der Waals surface area (Å²) in [6.07, 6.45) is -4.94. The molecule has 0 aliphatic heterocycles. The van der Waals surface area contributed by atoms with E-state index >= 15 is 0 Å². The van der Waals surface area contributed by atoms with Gasteiger partial charge in [0.2, 0.25) is 0 Å². The number of nitrogens with two attached hydrogens (primary N) is 1. The lowest BCUT2D eigenvalue weighted by Gasteiger charge is -2.17. The van der Waals surface area contributed by atoms with Gasteiger partial charge >= 0.3 is 18.2 Å². The van der Waals surface area contributed by atoms with Crippen LogP contribution >= 0.6 is 11.6 Å². The Morgan fingerprint density at radius 2 is 1.80 bits per heavy atom. The van der Waals surface area contributed by atoms with Gasteiger partial charge in [-0.2, -0.15) is 13.2 Å².